The lowest BCUT2D eigenvalue weighted by Gasteiger charge is -2.39. The van der Waals surface area contributed by atoms with E-state index >= 15 is 0 Å². The lowest BCUT2D eigenvalue weighted by atomic mass is 9.98. The van der Waals surface area contributed by atoms with Crippen LogP contribution in [0.3, 0.4) is 0 Å². The molecule has 3 saturated heterocycles. The molecule has 4 heterocycles. The molecule has 3 aliphatic rings. The third-order valence-corrected chi connectivity index (χ3v) is 9.41. The standard InChI is InChI=1S/C35H44N6O3/c1-25-29(10-13-33(37-25)38-30-11-8-28(9-12-30)34(42)36-2)23-39-18-14-31(15-19-39)41-32(27-6-4-3-5-7-27)24-40(35(41)43)22-26-16-20-44-21-17-26/h3-13,26,31-32H,14-24H2,1-2H3,(H,36,42)(H,37,38)/t32-/m0/s1. The predicted octanol–water partition coefficient (Wildman–Crippen LogP) is 5.36. The van der Waals surface area contributed by atoms with E-state index in [-0.39, 0.29) is 24.0 Å². The summed E-state index contributed by atoms with van der Waals surface area (Å²) in [4.78, 5) is 37.3. The van der Waals surface area contributed by atoms with Gasteiger partial charge in [0.25, 0.3) is 5.91 Å². The van der Waals surface area contributed by atoms with Crippen LogP contribution in [0, 0.1) is 12.8 Å². The average Bonchev–Trinajstić information content (AvgIpc) is 3.38. The minimum Gasteiger partial charge on any atom is -0.381 e. The summed E-state index contributed by atoms with van der Waals surface area (Å²) in [6.07, 6.45) is 4.02. The van der Waals surface area contributed by atoms with E-state index in [2.05, 4.69) is 62.6 Å². The summed E-state index contributed by atoms with van der Waals surface area (Å²) in [7, 11) is 1.63. The molecule has 6 rings (SSSR count). The molecule has 2 aromatic carbocycles. The van der Waals surface area contributed by atoms with Gasteiger partial charge in [-0.2, -0.15) is 0 Å². The van der Waals surface area contributed by atoms with Crippen molar-refractivity contribution in [1.82, 2.24) is 25.0 Å². The van der Waals surface area contributed by atoms with E-state index in [0.29, 0.717) is 11.5 Å². The molecule has 44 heavy (non-hydrogen) atoms. The van der Waals surface area contributed by atoms with Gasteiger partial charge in [-0.05, 0) is 80.0 Å². The fourth-order valence-electron chi connectivity index (χ4n) is 6.84. The molecule has 232 valence electrons. The normalized spacial score (nSPS) is 20.2. The first-order valence-corrected chi connectivity index (χ1v) is 16.0. The Labute approximate surface area is 260 Å². The number of piperidine rings is 1. The highest BCUT2D eigenvalue weighted by molar-refractivity contribution is 5.94. The Morgan fingerprint density at radius 1 is 0.955 bits per heavy atom. The van der Waals surface area contributed by atoms with E-state index in [1.54, 1.807) is 19.2 Å². The Bertz CT molecular complexity index is 1420. The summed E-state index contributed by atoms with van der Waals surface area (Å²) in [5, 5.41) is 5.99. The van der Waals surface area contributed by atoms with Crippen LogP contribution in [-0.2, 0) is 11.3 Å². The van der Waals surface area contributed by atoms with Gasteiger partial charge < -0.3 is 25.2 Å². The predicted molar refractivity (Wildman–Crippen MR) is 172 cm³/mol. The monoisotopic (exact) mass is 596 g/mol. The number of ether oxygens (including phenoxy) is 1. The van der Waals surface area contributed by atoms with Gasteiger partial charge in [0.1, 0.15) is 5.82 Å². The highest BCUT2D eigenvalue weighted by Gasteiger charge is 2.43. The number of anilines is 2. The van der Waals surface area contributed by atoms with E-state index in [0.717, 1.165) is 88.8 Å². The van der Waals surface area contributed by atoms with Crippen LogP contribution in [0.1, 0.15) is 58.9 Å². The van der Waals surface area contributed by atoms with Gasteiger partial charge in [0, 0.05) is 76.0 Å². The van der Waals surface area contributed by atoms with Crippen LogP contribution in [0.4, 0.5) is 16.3 Å². The lowest BCUT2D eigenvalue weighted by Crippen LogP contribution is -2.47. The number of carbonyl (C=O) groups excluding carboxylic acids is 2. The zero-order valence-electron chi connectivity index (χ0n) is 25.9. The molecule has 0 bridgehead atoms. The minimum atomic E-state index is -0.102. The fourth-order valence-corrected chi connectivity index (χ4v) is 6.84. The molecule has 3 fully saturated rings. The summed E-state index contributed by atoms with van der Waals surface area (Å²) >= 11 is 0. The second-order valence-corrected chi connectivity index (χ2v) is 12.3. The molecule has 1 aromatic heterocycles. The Balaban J connectivity index is 1.06. The minimum absolute atomic E-state index is 0.102. The van der Waals surface area contributed by atoms with Crippen LogP contribution in [0.15, 0.2) is 66.7 Å². The van der Waals surface area contributed by atoms with Gasteiger partial charge in [-0.15, -0.1) is 0 Å². The summed E-state index contributed by atoms with van der Waals surface area (Å²) in [5.41, 5.74) is 4.96. The van der Waals surface area contributed by atoms with Crippen molar-refractivity contribution in [3.8, 4) is 0 Å². The Morgan fingerprint density at radius 2 is 1.68 bits per heavy atom. The molecule has 0 saturated carbocycles. The van der Waals surface area contributed by atoms with Gasteiger partial charge in [-0.3, -0.25) is 9.69 Å². The number of nitrogens with one attached hydrogen (secondary N) is 2. The highest BCUT2D eigenvalue weighted by Crippen LogP contribution is 2.36. The Morgan fingerprint density at radius 3 is 2.36 bits per heavy atom. The molecule has 2 N–H and O–H groups in total. The number of benzene rings is 2. The van der Waals surface area contributed by atoms with Crippen molar-refractivity contribution < 1.29 is 14.3 Å². The molecule has 0 radical (unpaired) electrons. The average molecular weight is 597 g/mol. The van der Waals surface area contributed by atoms with E-state index < -0.39 is 0 Å². The van der Waals surface area contributed by atoms with Crippen molar-refractivity contribution in [3.63, 3.8) is 0 Å². The number of aryl methyl sites for hydroxylation is 1. The second-order valence-electron chi connectivity index (χ2n) is 12.3. The van der Waals surface area contributed by atoms with E-state index in [1.165, 1.54) is 11.1 Å². The number of likely N-dealkylation sites (tertiary alicyclic amines) is 1. The maximum Gasteiger partial charge on any atom is 0.320 e. The number of carbonyl (C=O) groups is 2. The van der Waals surface area contributed by atoms with Crippen LogP contribution < -0.4 is 10.6 Å². The number of pyridine rings is 1. The number of amides is 3. The molecular formula is C35H44N6O3. The molecule has 0 unspecified atom stereocenters. The Hall–Kier alpha value is -3.95. The largest absolute Gasteiger partial charge is 0.381 e. The van der Waals surface area contributed by atoms with Crippen molar-refractivity contribution in [3.05, 3.63) is 89.1 Å². The molecule has 3 aromatic rings. The van der Waals surface area contributed by atoms with Crippen molar-refractivity contribution in [2.75, 3.05) is 51.8 Å². The van der Waals surface area contributed by atoms with Gasteiger partial charge in [-0.25, -0.2) is 9.78 Å². The molecule has 0 aliphatic carbocycles. The Kier molecular flexibility index (Phi) is 9.43. The molecule has 3 amide bonds. The summed E-state index contributed by atoms with van der Waals surface area (Å²) < 4.78 is 5.56. The quantitative estimate of drug-likeness (QED) is 0.346. The van der Waals surface area contributed by atoms with Crippen LogP contribution in [0.25, 0.3) is 0 Å². The first-order valence-electron chi connectivity index (χ1n) is 16.0. The zero-order valence-corrected chi connectivity index (χ0v) is 25.9. The van der Waals surface area contributed by atoms with Gasteiger partial charge in [0.15, 0.2) is 0 Å². The zero-order chi connectivity index (χ0) is 30.5. The van der Waals surface area contributed by atoms with E-state index in [1.807, 2.05) is 24.3 Å². The number of hydrogen-bond donors (Lipinski definition) is 2. The first kappa shape index (κ1) is 30.1. The molecule has 1 atom stereocenters. The van der Waals surface area contributed by atoms with Gasteiger partial charge in [0.2, 0.25) is 0 Å². The summed E-state index contributed by atoms with van der Waals surface area (Å²) in [6, 6.07) is 22.7. The molecule has 0 spiro atoms. The number of rotatable bonds is 9. The van der Waals surface area contributed by atoms with Gasteiger partial charge >= 0.3 is 6.03 Å². The third-order valence-electron chi connectivity index (χ3n) is 9.41. The molecule has 3 aliphatic heterocycles. The maximum atomic E-state index is 13.9. The van der Waals surface area contributed by atoms with Crippen molar-refractivity contribution in [2.24, 2.45) is 5.92 Å². The van der Waals surface area contributed by atoms with Gasteiger partial charge in [0.05, 0.1) is 6.04 Å². The summed E-state index contributed by atoms with van der Waals surface area (Å²) in [5.74, 6) is 1.20. The van der Waals surface area contributed by atoms with Crippen LogP contribution in [0.2, 0.25) is 0 Å². The van der Waals surface area contributed by atoms with Crippen LogP contribution >= 0.6 is 0 Å². The fraction of sp³-hybridized carbons (Fsp3) is 0.457. The topological polar surface area (TPSA) is 90.0 Å². The maximum absolute atomic E-state index is 13.9. The highest BCUT2D eigenvalue weighted by atomic mass is 16.5. The first-order chi connectivity index (χ1) is 21.5. The number of nitrogens with zero attached hydrogens (tertiary/aromatic N) is 4. The van der Waals surface area contributed by atoms with Crippen molar-refractivity contribution >= 4 is 23.4 Å². The van der Waals surface area contributed by atoms with Crippen LogP contribution in [-0.4, -0.2) is 84.1 Å². The van der Waals surface area contributed by atoms with Gasteiger partial charge in [-0.1, -0.05) is 36.4 Å². The van der Waals surface area contributed by atoms with E-state index in [4.69, 9.17) is 9.72 Å². The number of aromatic nitrogens is 1. The van der Waals surface area contributed by atoms with E-state index in [9.17, 15) is 9.59 Å². The number of hydrogen-bond acceptors (Lipinski definition) is 6. The van der Waals surface area contributed by atoms with Crippen molar-refractivity contribution in [1.29, 1.82) is 0 Å². The van der Waals surface area contributed by atoms with Crippen molar-refractivity contribution in [2.45, 2.75) is 51.2 Å². The third kappa shape index (κ3) is 6.89. The SMILES string of the molecule is CNC(=O)c1ccc(Nc2ccc(CN3CCC(N4C(=O)N(CC5CCOCC5)C[C@H]4c4ccccc4)CC3)c(C)n2)cc1. The molecular weight excluding hydrogens is 552 g/mol. The number of urea groups is 1. The summed E-state index contributed by atoms with van der Waals surface area (Å²) in [6.45, 7) is 8.02. The second kappa shape index (κ2) is 13.8. The van der Waals surface area contributed by atoms with Crippen LogP contribution in [0.5, 0.6) is 0 Å². The molecule has 9 heteroatoms. The molecule has 9 nitrogen and oxygen atoms in total. The lowest BCUT2D eigenvalue weighted by molar-refractivity contribution is 0.0574. The smallest absolute Gasteiger partial charge is 0.320 e.